The van der Waals surface area contributed by atoms with Crippen molar-refractivity contribution in [1.29, 1.82) is 0 Å². The van der Waals surface area contributed by atoms with Crippen LogP contribution < -0.4 is 10.0 Å². The van der Waals surface area contributed by atoms with Crippen LogP contribution in [0.5, 0.6) is 0 Å². The highest BCUT2D eigenvalue weighted by Gasteiger charge is 2.20. The van der Waals surface area contributed by atoms with E-state index in [9.17, 15) is 18.0 Å². The Kier molecular flexibility index (Phi) is 5.99. The number of rotatable bonds is 7. The lowest BCUT2D eigenvalue weighted by molar-refractivity contribution is -0.114. The number of benzene rings is 1. The number of ether oxygens (including phenoxy) is 1. The minimum atomic E-state index is -3.83. The highest BCUT2D eigenvalue weighted by molar-refractivity contribution is 7.94. The highest BCUT2D eigenvalue weighted by atomic mass is 32.2. The molecule has 0 fully saturated rings. The normalized spacial score (nSPS) is 11.1. The Hall–Kier alpha value is -3.18. The number of aromatic nitrogens is 1. The number of carbonyl (C=O) groups is 2. The third-order valence-corrected chi connectivity index (χ3v) is 6.51. The van der Waals surface area contributed by atoms with Crippen LogP contribution in [0.3, 0.4) is 0 Å². The van der Waals surface area contributed by atoms with Crippen LogP contribution in [0.15, 0.2) is 51.2 Å². The van der Waals surface area contributed by atoms with Gasteiger partial charge in [-0.05, 0) is 43.3 Å². The number of hydrogen-bond acceptors (Lipinski definition) is 8. The van der Waals surface area contributed by atoms with Gasteiger partial charge in [-0.3, -0.25) is 9.52 Å². The Morgan fingerprint density at radius 2 is 1.83 bits per heavy atom. The van der Waals surface area contributed by atoms with Crippen LogP contribution in [0.4, 0.5) is 11.4 Å². The van der Waals surface area contributed by atoms with Crippen molar-refractivity contribution in [1.82, 2.24) is 5.16 Å². The minimum absolute atomic E-state index is 0.0112. The van der Waals surface area contributed by atoms with Crippen molar-refractivity contribution in [2.75, 3.05) is 16.6 Å². The molecular formula is C18H17N3O6S2. The molecule has 0 saturated heterocycles. The summed E-state index contributed by atoms with van der Waals surface area (Å²) in [5.74, 6) is -0.571. The predicted molar refractivity (Wildman–Crippen MR) is 107 cm³/mol. The molecule has 0 saturated carbocycles. The number of nitrogens with one attached hydrogen (secondary N) is 2. The van der Waals surface area contributed by atoms with Crippen LogP contribution in [0.1, 0.15) is 24.3 Å². The quantitative estimate of drug-likeness (QED) is 0.545. The zero-order valence-electron chi connectivity index (χ0n) is 15.5. The van der Waals surface area contributed by atoms with Gasteiger partial charge < -0.3 is 14.6 Å². The maximum Gasteiger partial charge on any atom is 0.360 e. The van der Waals surface area contributed by atoms with Gasteiger partial charge in [-0.2, -0.15) is 0 Å². The van der Waals surface area contributed by atoms with Gasteiger partial charge >= 0.3 is 5.97 Å². The molecule has 152 valence electrons. The molecule has 0 radical (unpaired) electrons. The molecule has 0 aliphatic carbocycles. The molecule has 0 spiro atoms. The molecule has 0 aliphatic rings. The Morgan fingerprint density at radius 1 is 1.14 bits per heavy atom. The predicted octanol–water partition coefficient (Wildman–Crippen LogP) is 3.34. The van der Waals surface area contributed by atoms with Gasteiger partial charge in [0.2, 0.25) is 5.91 Å². The molecule has 2 aromatic heterocycles. The van der Waals surface area contributed by atoms with E-state index in [1.54, 1.807) is 37.3 Å². The molecule has 0 atom stereocenters. The summed E-state index contributed by atoms with van der Waals surface area (Å²) in [4.78, 5) is 23.2. The Labute approximate surface area is 170 Å². The second-order valence-electron chi connectivity index (χ2n) is 5.78. The molecule has 2 heterocycles. The fraction of sp³-hybridized carbons (Fsp3) is 0.167. The molecule has 1 aromatic carbocycles. The van der Waals surface area contributed by atoms with E-state index in [0.717, 1.165) is 11.3 Å². The summed E-state index contributed by atoms with van der Waals surface area (Å²) >= 11 is 0.969. The lowest BCUT2D eigenvalue weighted by Crippen LogP contribution is -2.11. The molecule has 29 heavy (non-hydrogen) atoms. The number of carbonyl (C=O) groups excluding carboxylic acids is 2. The Bertz CT molecular complexity index is 1130. The standard InChI is InChI=1S/C18H17N3O6S2/c1-3-26-18(23)14-10-15(27-20-14)16-8-9-17(28-16)29(24,25)21-13-6-4-12(5-7-13)19-11(2)22/h4-10,21H,3H2,1-2H3,(H,19,22). The van der Waals surface area contributed by atoms with Gasteiger partial charge in [-0.1, -0.05) is 5.16 Å². The van der Waals surface area contributed by atoms with E-state index in [2.05, 4.69) is 15.2 Å². The number of anilines is 2. The van der Waals surface area contributed by atoms with E-state index in [-0.39, 0.29) is 28.2 Å². The van der Waals surface area contributed by atoms with Gasteiger partial charge in [0.05, 0.1) is 11.5 Å². The van der Waals surface area contributed by atoms with E-state index < -0.39 is 16.0 Å². The fourth-order valence-electron chi connectivity index (χ4n) is 2.32. The van der Waals surface area contributed by atoms with Crippen molar-refractivity contribution in [3.05, 3.63) is 48.2 Å². The summed E-state index contributed by atoms with van der Waals surface area (Å²) in [6.07, 6.45) is 0. The van der Waals surface area contributed by atoms with Gasteiger partial charge in [-0.25, -0.2) is 13.2 Å². The van der Waals surface area contributed by atoms with Gasteiger partial charge in [0.15, 0.2) is 11.5 Å². The zero-order chi connectivity index (χ0) is 21.0. The van der Waals surface area contributed by atoms with Crippen LogP contribution >= 0.6 is 11.3 Å². The molecule has 1 amide bonds. The summed E-state index contributed by atoms with van der Waals surface area (Å²) in [5, 5.41) is 6.24. The molecular weight excluding hydrogens is 418 g/mol. The van der Waals surface area contributed by atoms with Gasteiger partial charge in [-0.15, -0.1) is 11.3 Å². The first-order valence-corrected chi connectivity index (χ1v) is 10.7. The Morgan fingerprint density at radius 3 is 2.48 bits per heavy atom. The first kappa shape index (κ1) is 20.6. The van der Waals surface area contributed by atoms with E-state index in [4.69, 9.17) is 9.26 Å². The summed E-state index contributed by atoms with van der Waals surface area (Å²) < 4.78 is 37.7. The fourth-order valence-corrected chi connectivity index (χ4v) is 4.63. The van der Waals surface area contributed by atoms with Crippen LogP contribution in [0, 0.1) is 0 Å². The monoisotopic (exact) mass is 435 g/mol. The second-order valence-corrected chi connectivity index (χ2v) is 8.77. The summed E-state index contributed by atoms with van der Waals surface area (Å²) in [7, 11) is -3.83. The van der Waals surface area contributed by atoms with Crippen molar-refractivity contribution in [3.8, 4) is 10.6 Å². The van der Waals surface area contributed by atoms with Gasteiger partial charge in [0, 0.05) is 24.4 Å². The van der Waals surface area contributed by atoms with E-state index in [1.807, 2.05) is 0 Å². The highest BCUT2D eigenvalue weighted by Crippen LogP contribution is 2.32. The molecule has 11 heteroatoms. The molecule has 3 aromatic rings. The number of amides is 1. The van der Waals surface area contributed by atoms with Gasteiger partial charge in [0.1, 0.15) is 4.21 Å². The maximum atomic E-state index is 12.6. The van der Waals surface area contributed by atoms with Crippen molar-refractivity contribution in [2.24, 2.45) is 0 Å². The summed E-state index contributed by atoms with van der Waals surface area (Å²) in [6, 6.07) is 10.7. The molecule has 0 unspecified atom stereocenters. The number of nitrogens with zero attached hydrogens (tertiary/aromatic N) is 1. The zero-order valence-corrected chi connectivity index (χ0v) is 17.1. The van der Waals surface area contributed by atoms with Crippen LogP contribution in [0.25, 0.3) is 10.6 Å². The summed E-state index contributed by atoms with van der Waals surface area (Å²) in [6.45, 7) is 3.27. The summed E-state index contributed by atoms with van der Waals surface area (Å²) in [5.41, 5.74) is 0.914. The maximum absolute atomic E-state index is 12.6. The first-order chi connectivity index (χ1) is 13.8. The molecule has 9 nitrogen and oxygen atoms in total. The topological polar surface area (TPSA) is 128 Å². The largest absolute Gasteiger partial charge is 0.461 e. The number of thiophene rings is 1. The number of hydrogen-bond donors (Lipinski definition) is 2. The van der Waals surface area contributed by atoms with E-state index in [0.29, 0.717) is 16.3 Å². The molecule has 0 bridgehead atoms. The number of sulfonamides is 1. The average molecular weight is 435 g/mol. The van der Waals surface area contributed by atoms with Crippen molar-refractivity contribution >= 4 is 44.6 Å². The molecule has 3 rings (SSSR count). The Balaban J connectivity index is 1.75. The average Bonchev–Trinajstić information content (AvgIpc) is 3.32. The van der Waals surface area contributed by atoms with Crippen LogP contribution in [-0.2, 0) is 19.6 Å². The van der Waals surface area contributed by atoms with Crippen LogP contribution in [-0.4, -0.2) is 32.1 Å². The van der Waals surface area contributed by atoms with E-state index in [1.165, 1.54) is 19.1 Å². The number of esters is 1. The SMILES string of the molecule is CCOC(=O)c1cc(-c2ccc(S(=O)(=O)Nc3ccc(NC(C)=O)cc3)s2)on1. The van der Waals surface area contributed by atoms with Crippen molar-refractivity contribution in [3.63, 3.8) is 0 Å². The van der Waals surface area contributed by atoms with Crippen LogP contribution in [0.2, 0.25) is 0 Å². The van der Waals surface area contributed by atoms with Crippen molar-refractivity contribution in [2.45, 2.75) is 18.1 Å². The van der Waals surface area contributed by atoms with Crippen molar-refractivity contribution < 1.29 is 27.3 Å². The smallest absolute Gasteiger partial charge is 0.360 e. The van der Waals surface area contributed by atoms with Gasteiger partial charge in [0.25, 0.3) is 10.0 Å². The minimum Gasteiger partial charge on any atom is -0.461 e. The molecule has 0 aliphatic heterocycles. The third kappa shape index (κ3) is 5.00. The lowest BCUT2D eigenvalue weighted by atomic mass is 10.3. The molecule has 2 N–H and O–H groups in total. The lowest BCUT2D eigenvalue weighted by Gasteiger charge is -2.07. The third-order valence-electron chi connectivity index (χ3n) is 3.54. The first-order valence-electron chi connectivity index (χ1n) is 8.43. The van der Waals surface area contributed by atoms with E-state index >= 15 is 0 Å². The second kappa shape index (κ2) is 8.45.